The summed E-state index contributed by atoms with van der Waals surface area (Å²) in [7, 11) is 1.91. The zero-order chi connectivity index (χ0) is 18.5. The van der Waals surface area contributed by atoms with Crippen LogP contribution < -0.4 is 5.32 Å². The monoisotopic (exact) mass is 361 g/mol. The maximum atomic E-state index is 5.73. The van der Waals surface area contributed by atoms with Crippen molar-refractivity contribution in [3.63, 3.8) is 0 Å². The van der Waals surface area contributed by atoms with E-state index in [1.807, 2.05) is 20.9 Å². The first-order valence-electron chi connectivity index (χ1n) is 10.2. The topological polar surface area (TPSA) is 56.9 Å². The minimum absolute atomic E-state index is 0.722. The van der Waals surface area contributed by atoms with Gasteiger partial charge in [0.05, 0.1) is 12.2 Å². The van der Waals surface area contributed by atoms with Crippen LogP contribution in [0.4, 0.5) is 0 Å². The Morgan fingerprint density at radius 2 is 1.85 bits per heavy atom. The number of hydrogen-bond acceptors (Lipinski definition) is 4. The molecule has 3 heterocycles. The van der Waals surface area contributed by atoms with Gasteiger partial charge in [-0.05, 0) is 64.5 Å². The molecule has 6 heteroatoms. The molecule has 26 heavy (non-hydrogen) atoms. The second-order valence-electron chi connectivity index (χ2n) is 8.07. The molecule has 1 aromatic heterocycles. The second-order valence-corrected chi connectivity index (χ2v) is 8.07. The van der Waals surface area contributed by atoms with Gasteiger partial charge in [-0.25, -0.2) is 4.98 Å². The summed E-state index contributed by atoms with van der Waals surface area (Å²) in [6.07, 6.45) is 5.00. The van der Waals surface area contributed by atoms with E-state index in [4.69, 9.17) is 4.42 Å². The molecule has 3 rings (SSSR count). The van der Waals surface area contributed by atoms with E-state index < -0.39 is 0 Å². The van der Waals surface area contributed by atoms with Crippen molar-refractivity contribution < 1.29 is 4.42 Å². The smallest absolute Gasteiger partial charge is 0.208 e. The number of aliphatic imine (C=N–C) groups is 1. The van der Waals surface area contributed by atoms with Crippen molar-refractivity contribution in [3.8, 4) is 0 Å². The van der Waals surface area contributed by atoms with Crippen molar-refractivity contribution in [1.82, 2.24) is 20.1 Å². The van der Waals surface area contributed by atoms with Crippen LogP contribution in [0.2, 0.25) is 0 Å². The molecule has 2 fully saturated rings. The summed E-state index contributed by atoms with van der Waals surface area (Å²) in [5.41, 5.74) is 1.01. The Balaban J connectivity index is 1.39. The van der Waals surface area contributed by atoms with Crippen molar-refractivity contribution in [2.45, 2.75) is 53.0 Å². The lowest BCUT2D eigenvalue weighted by molar-refractivity contribution is 0.163. The standard InChI is InChI=1S/C20H35N5O/c1-15-5-11-25(12-6-15)20(21-4)22-13-18-7-9-24(10-8-18)14-19-23-16(2)17(3)26-19/h15,18H,5-14H2,1-4H3,(H,21,22). The predicted octanol–water partition coefficient (Wildman–Crippen LogP) is 2.81. The van der Waals surface area contributed by atoms with E-state index in [0.717, 1.165) is 74.4 Å². The number of rotatable bonds is 4. The molecule has 2 aliphatic rings. The van der Waals surface area contributed by atoms with Gasteiger partial charge in [-0.3, -0.25) is 9.89 Å². The van der Waals surface area contributed by atoms with Crippen molar-refractivity contribution in [3.05, 3.63) is 17.3 Å². The summed E-state index contributed by atoms with van der Waals surface area (Å²) >= 11 is 0. The summed E-state index contributed by atoms with van der Waals surface area (Å²) in [6, 6.07) is 0. The van der Waals surface area contributed by atoms with Crippen LogP contribution in [0.25, 0.3) is 0 Å². The minimum Gasteiger partial charge on any atom is -0.444 e. The summed E-state index contributed by atoms with van der Waals surface area (Å²) < 4.78 is 5.73. The number of aryl methyl sites for hydroxylation is 2. The fourth-order valence-corrected chi connectivity index (χ4v) is 3.94. The van der Waals surface area contributed by atoms with Crippen LogP contribution in [-0.4, -0.2) is 60.5 Å². The summed E-state index contributed by atoms with van der Waals surface area (Å²) in [5.74, 6) is 4.46. The fourth-order valence-electron chi connectivity index (χ4n) is 3.94. The van der Waals surface area contributed by atoms with E-state index in [9.17, 15) is 0 Å². The van der Waals surface area contributed by atoms with Crippen molar-refractivity contribution in [2.75, 3.05) is 39.8 Å². The molecule has 6 nitrogen and oxygen atoms in total. The molecule has 1 aromatic rings. The fraction of sp³-hybridized carbons (Fsp3) is 0.800. The highest BCUT2D eigenvalue weighted by Gasteiger charge is 2.23. The van der Waals surface area contributed by atoms with Gasteiger partial charge in [0.15, 0.2) is 5.96 Å². The molecule has 0 radical (unpaired) electrons. The first-order chi connectivity index (χ1) is 12.5. The molecule has 0 spiro atoms. The SMILES string of the molecule is CN=C(NCC1CCN(Cc2nc(C)c(C)o2)CC1)N1CCC(C)CC1. The zero-order valence-electron chi connectivity index (χ0n) is 16.9. The Hall–Kier alpha value is -1.56. The number of nitrogens with one attached hydrogen (secondary N) is 1. The molecular weight excluding hydrogens is 326 g/mol. The molecule has 0 atom stereocenters. The van der Waals surface area contributed by atoms with Gasteiger partial charge >= 0.3 is 0 Å². The average molecular weight is 362 g/mol. The average Bonchev–Trinajstić information content (AvgIpc) is 2.95. The Kier molecular flexibility index (Phi) is 6.57. The third-order valence-electron chi connectivity index (χ3n) is 5.98. The second kappa shape index (κ2) is 8.89. The van der Waals surface area contributed by atoms with E-state index in [-0.39, 0.29) is 0 Å². The summed E-state index contributed by atoms with van der Waals surface area (Å²) in [5, 5.41) is 3.63. The Bertz CT molecular complexity index is 576. The maximum absolute atomic E-state index is 5.73. The van der Waals surface area contributed by atoms with Gasteiger partial charge in [-0.15, -0.1) is 0 Å². The Morgan fingerprint density at radius 3 is 2.42 bits per heavy atom. The molecule has 0 aliphatic carbocycles. The highest BCUT2D eigenvalue weighted by atomic mass is 16.4. The quantitative estimate of drug-likeness (QED) is 0.660. The number of oxazole rings is 1. The van der Waals surface area contributed by atoms with Gasteiger partial charge < -0.3 is 14.6 Å². The van der Waals surface area contributed by atoms with Crippen molar-refractivity contribution >= 4 is 5.96 Å². The van der Waals surface area contributed by atoms with E-state index in [2.05, 4.69) is 32.0 Å². The van der Waals surface area contributed by atoms with Crippen LogP contribution in [0.1, 0.15) is 50.0 Å². The van der Waals surface area contributed by atoms with Gasteiger partial charge in [-0.2, -0.15) is 0 Å². The third-order valence-corrected chi connectivity index (χ3v) is 5.98. The van der Waals surface area contributed by atoms with Gasteiger partial charge in [0.1, 0.15) is 5.76 Å². The van der Waals surface area contributed by atoms with Gasteiger partial charge in [-0.1, -0.05) is 6.92 Å². The Morgan fingerprint density at radius 1 is 1.15 bits per heavy atom. The lowest BCUT2D eigenvalue weighted by Gasteiger charge is -2.35. The molecule has 2 saturated heterocycles. The van der Waals surface area contributed by atoms with Gasteiger partial charge in [0, 0.05) is 26.7 Å². The van der Waals surface area contributed by atoms with Crippen LogP contribution in [-0.2, 0) is 6.54 Å². The highest BCUT2D eigenvalue weighted by Crippen LogP contribution is 2.20. The van der Waals surface area contributed by atoms with E-state index >= 15 is 0 Å². The predicted molar refractivity (Wildman–Crippen MR) is 105 cm³/mol. The van der Waals surface area contributed by atoms with Crippen LogP contribution in [0.3, 0.4) is 0 Å². The molecule has 0 saturated carbocycles. The van der Waals surface area contributed by atoms with Crippen LogP contribution in [0.5, 0.6) is 0 Å². The Labute approximate surface area is 158 Å². The number of likely N-dealkylation sites (tertiary alicyclic amines) is 2. The molecule has 0 bridgehead atoms. The first-order valence-corrected chi connectivity index (χ1v) is 10.2. The van der Waals surface area contributed by atoms with Gasteiger partial charge in [0.25, 0.3) is 0 Å². The van der Waals surface area contributed by atoms with Crippen LogP contribution in [0.15, 0.2) is 9.41 Å². The van der Waals surface area contributed by atoms with Crippen molar-refractivity contribution in [2.24, 2.45) is 16.8 Å². The third kappa shape index (κ3) is 5.00. The molecule has 2 aliphatic heterocycles. The normalized spacial score (nSPS) is 21.4. The number of guanidine groups is 1. The maximum Gasteiger partial charge on any atom is 0.208 e. The highest BCUT2D eigenvalue weighted by molar-refractivity contribution is 5.79. The van der Waals surface area contributed by atoms with E-state index in [1.54, 1.807) is 0 Å². The van der Waals surface area contributed by atoms with E-state index in [1.165, 1.54) is 25.7 Å². The van der Waals surface area contributed by atoms with E-state index in [0.29, 0.717) is 0 Å². The number of piperidine rings is 2. The number of aromatic nitrogens is 1. The lowest BCUT2D eigenvalue weighted by Crippen LogP contribution is -2.47. The summed E-state index contributed by atoms with van der Waals surface area (Å²) in [4.78, 5) is 13.9. The largest absolute Gasteiger partial charge is 0.444 e. The molecule has 146 valence electrons. The lowest BCUT2D eigenvalue weighted by atomic mass is 9.96. The summed E-state index contributed by atoms with van der Waals surface area (Å²) in [6.45, 7) is 12.7. The molecular formula is C20H35N5O. The molecule has 1 N–H and O–H groups in total. The van der Waals surface area contributed by atoms with Crippen LogP contribution in [0, 0.1) is 25.7 Å². The van der Waals surface area contributed by atoms with Gasteiger partial charge in [0.2, 0.25) is 5.89 Å². The molecule has 0 amide bonds. The number of hydrogen-bond donors (Lipinski definition) is 1. The molecule has 0 aromatic carbocycles. The zero-order valence-corrected chi connectivity index (χ0v) is 16.9. The van der Waals surface area contributed by atoms with Crippen molar-refractivity contribution in [1.29, 1.82) is 0 Å². The first kappa shape index (κ1) is 19.2. The molecule has 0 unspecified atom stereocenters. The van der Waals surface area contributed by atoms with Crippen LogP contribution >= 0.6 is 0 Å². The number of nitrogens with zero attached hydrogens (tertiary/aromatic N) is 4. The minimum atomic E-state index is 0.722.